The van der Waals surface area contributed by atoms with Gasteiger partial charge in [-0.25, -0.2) is 9.78 Å². The first kappa shape index (κ1) is 12.1. The first-order valence-corrected chi connectivity index (χ1v) is 6.34. The minimum Gasteiger partial charge on any atom is -0.478 e. The fourth-order valence-electron chi connectivity index (χ4n) is 1.51. The summed E-state index contributed by atoms with van der Waals surface area (Å²) in [6, 6.07) is 3.37. The fourth-order valence-corrected chi connectivity index (χ4v) is 2.69. The Bertz CT molecular complexity index is 565. The molecule has 0 aliphatic carbocycles. The van der Waals surface area contributed by atoms with E-state index in [9.17, 15) is 4.79 Å². The van der Waals surface area contributed by atoms with Crippen LogP contribution in [0.3, 0.4) is 0 Å². The molecule has 0 saturated heterocycles. The average Bonchev–Trinajstić information content (AvgIpc) is 2.77. The number of thiophene rings is 1. The van der Waals surface area contributed by atoms with Gasteiger partial charge >= 0.3 is 5.97 Å². The van der Waals surface area contributed by atoms with Crippen LogP contribution in [0.25, 0.3) is 10.4 Å². The summed E-state index contributed by atoms with van der Waals surface area (Å²) in [5.41, 5.74) is 2.00. The zero-order valence-electron chi connectivity index (χ0n) is 9.11. The molecule has 2 aromatic heterocycles. The van der Waals surface area contributed by atoms with Crippen molar-refractivity contribution in [2.75, 3.05) is 0 Å². The van der Waals surface area contributed by atoms with Crippen LogP contribution in [0.4, 0.5) is 0 Å². The first-order valence-electron chi connectivity index (χ1n) is 5.08. The van der Waals surface area contributed by atoms with Crippen LogP contribution in [0.2, 0.25) is 5.15 Å². The van der Waals surface area contributed by atoms with Gasteiger partial charge in [-0.3, -0.25) is 0 Å². The maximum atomic E-state index is 11.1. The lowest BCUT2D eigenvalue weighted by atomic mass is 10.1. The average molecular weight is 268 g/mol. The van der Waals surface area contributed by atoms with Crippen LogP contribution in [-0.4, -0.2) is 16.1 Å². The number of halogens is 1. The van der Waals surface area contributed by atoms with E-state index in [-0.39, 0.29) is 10.7 Å². The van der Waals surface area contributed by atoms with Gasteiger partial charge in [-0.2, -0.15) is 0 Å². The predicted molar refractivity (Wildman–Crippen MR) is 68.9 cm³/mol. The molecule has 0 fully saturated rings. The molecule has 1 N–H and O–H groups in total. The summed E-state index contributed by atoms with van der Waals surface area (Å²) >= 11 is 7.23. The van der Waals surface area contributed by atoms with Crippen molar-refractivity contribution in [1.82, 2.24) is 4.98 Å². The number of carbonyl (C=O) groups is 1. The molecule has 0 aromatic carbocycles. The highest BCUT2D eigenvalue weighted by molar-refractivity contribution is 7.13. The maximum Gasteiger partial charge on any atom is 0.336 e. The van der Waals surface area contributed by atoms with E-state index in [1.165, 1.54) is 29.2 Å². The molecule has 17 heavy (non-hydrogen) atoms. The van der Waals surface area contributed by atoms with Gasteiger partial charge in [0.2, 0.25) is 0 Å². The molecule has 5 heteroatoms. The summed E-state index contributed by atoms with van der Waals surface area (Å²) in [5.74, 6) is -0.990. The molecule has 0 unspecified atom stereocenters. The first-order chi connectivity index (χ1) is 8.11. The third-order valence-electron chi connectivity index (χ3n) is 2.43. The van der Waals surface area contributed by atoms with E-state index >= 15 is 0 Å². The number of aryl methyl sites for hydroxylation is 1. The minimum atomic E-state index is -0.990. The number of carboxylic acids is 1. The van der Waals surface area contributed by atoms with Gasteiger partial charge in [0.1, 0.15) is 5.15 Å². The van der Waals surface area contributed by atoms with E-state index in [0.717, 1.165) is 11.3 Å². The lowest BCUT2D eigenvalue weighted by Crippen LogP contribution is -1.99. The normalized spacial score (nSPS) is 10.5. The molecule has 3 nitrogen and oxygen atoms in total. The Morgan fingerprint density at radius 1 is 1.53 bits per heavy atom. The number of hydrogen-bond acceptors (Lipinski definition) is 3. The van der Waals surface area contributed by atoms with E-state index in [1.807, 2.05) is 11.4 Å². The largest absolute Gasteiger partial charge is 0.478 e. The number of nitrogens with zero attached hydrogens (tertiary/aromatic N) is 1. The summed E-state index contributed by atoms with van der Waals surface area (Å²) in [6.45, 7) is 2.06. The SMILES string of the molecule is CCc1csc(-c2cnc(Cl)cc2C(=O)O)c1. The van der Waals surface area contributed by atoms with Gasteiger partial charge in [0, 0.05) is 16.6 Å². The minimum absolute atomic E-state index is 0.189. The van der Waals surface area contributed by atoms with Gasteiger partial charge in [0.15, 0.2) is 0 Å². The summed E-state index contributed by atoms with van der Waals surface area (Å²) in [5, 5.41) is 11.3. The maximum absolute atomic E-state index is 11.1. The zero-order valence-corrected chi connectivity index (χ0v) is 10.7. The third-order valence-corrected chi connectivity index (χ3v) is 3.65. The van der Waals surface area contributed by atoms with Gasteiger partial charge in [0.25, 0.3) is 0 Å². The van der Waals surface area contributed by atoms with Gasteiger partial charge in [-0.15, -0.1) is 11.3 Å². The van der Waals surface area contributed by atoms with Gasteiger partial charge in [-0.05, 0) is 29.5 Å². The Morgan fingerprint density at radius 2 is 2.29 bits per heavy atom. The van der Waals surface area contributed by atoms with E-state index in [1.54, 1.807) is 0 Å². The molecular formula is C12H10ClNO2S. The van der Waals surface area contributed by atoms with Crippen molar-refractivity contribution in [3.8, 4) is 10.4 Å². The second-order valence-corrected chi connectivity index (χ2v) is 4.83. The van der Waals surface area contributed by atoms with Crippen molar-refractivity contribution in [3.05, 3.63) is 40.0 Å². The fraction of sp³-hybridized carbons (Fsp3) is 0.167. The Labute approximate surface area is 108 Å². The molecule has 0 aliphatic heterocycles. The number of rotatable bonds is 3. The number of pyridine rings is 1. The van der Waals surface area contributed by atoms with E-state index in [4.69, 9.17) is 16.7 Å². The molecule has 0 saturated carbocycles. The second-order valence-electron chi connectivity index (χ2n) is 3.53. The summed E-state index contributed by atoms with van der Waals surface area (Å²) in [7, 11) is 0. The summed E-state index contributed by atoms with van der Waals surface area (Å²) < 4.78 is 0. The molecule has 0 atom stereocenters. The lowest BCUT2D eigenvalue weighted by Gasteiger charge is -2.03. The summed E-state index contributed by atoms with van der Waals surface area (Å²) in [6.07, 6.45) is 2.44. The lowest BCUT2D eigenvalue weighted by molar-refractivity contribution is 0.0697. The van der Waals surface area contributed by atoms with Gasteiger partial charge in [0.05, 0.1) is 5.56 Å². The number of hydrogen-bond donors (Lipinski definition) is 1. The molecule has 0 spiro atoms. The standard InChI is InChI=1S/C12H10ClNO2S/c1-2-7-3-10(17-6-7)9-5-14-11(13)4-8(9)12(15)16/h3-6H,2H2,1H3,(H,15,16). The predicted octanol–water partition coefficient (Wildman–Crippen LogP) is 3.72. The molecule has 0 radical (unpaired) electrons. The Kier molecular flexibility index (Phi) is 3.45. The Morgan fingerprint density at radius 3 is 2.88 bits per heavy atom. The topological polar surface area (TPSA) is 50.2 Å². The highest BCUT2D eigenvalue weighted by Gasteiger charge is 2.14. The van der Waals surface area contributed by atoms with Gasteiger partial charge < -0.3 is 5.11 Å². The summed E-state index contributed by atoms with van der Waals surface area (Å²) in [4.78, 5) is 16.0. The molecule has 0 bridgehead atoms. The molecule has 0 aliphatic rings. The van der Waals surface area contributed by atoms with E-state index in [0.29, 0.717) is 5.56 Å². The molecule has 88 valence electrons. The van der Waals surface area contributed by atoms with E-state index < -0.39 is 5.97 Å². The number of carboxylic acid groups (broad SMARTS) is 1. The number of aromatic nitrogens is 1. The van der Waals surface area contributed by atoms with Crippen LogP contribution in [0.5, 0.6) is 0 Å². The van der Waals surface area contributed by atoms with Crippen LogP contribution >= 0.6 is 22.9 Å². The third kappa shape index (κ3) is 2.48. The smallest absolute Gasteiger partial charge is 0.336 e. The van der Waals surface area contributed by atoms with Crippen molar-refractivity contribution in [3.63, 3.8) is 0 Å². The highest BCUT2D eigenvalue weighted by Crippen LogP contribution is 2.30. The molecule has 2 heterocycles. The van der Waals surface area contributed by atoms with Crippen molar-refractivity contribution in [2.24, 2.45) is 0 Å². The van der Waals surface area contributed by atoms with E-state index in [2.05, 4.69) is 11.9 Å². The van der Waals surface area contributed by atoms with Crippen molar-refractivity contribution in [1.29, 1.82) is 0 Å². The Hall–Kier alpha value is -1.39. The number of aromatic carboxylic acids is 1. The second kappa shape index (κ2) is 4.85. The molecule has 0 amide bonds. The zero-order chi connectivity index (χ0) is 12.4. The Balaban J connectivity index is 2.54. The molecular weight excluding hydrogens is 258 g/mol. The molecule has 2 aromatic rings. The molecule has 2 rings (SSSR count). The monoisotopic (exact) mass is 267 g/mol. The highest BCUT2D eigenvalue weighted by atomic mass is 35.5. The van der Waals surface area contributed by atoms with Crippen LogP contribution in [0, 0.1) is 0 Å². The quantitative estimate of drug-likeness (QED) is 0.862. The van der Waals surface area contributed by atoms with Crippen LogP contribution in [0.1, 0.15) is 22.8 Å². The van der Waals surface area contributed by atoms with Crippen LogP contribution < -0.4 is 0 Å². The van der Waals surface area contributed by atoms with Crippen LogP contribution in [-0.2, 0) is 6.42 Å². The van der Waals surface area contributed by atoms with Gasteiger partial charge in [-0.1, -0.05) is 18.5 Å². The van der Waals surface area contributed by atoms with Crippen LogP contribution in [0.15, 0.2) is 23.7 Å². The van der Waals surface area contributed by atoms with Crippen molar-refractivity contribution in [2.45, 2.75) is 13.3 Å². The van der Waals surface area contributed by atoms with Crippen molar-refractivity contribution < 1.29 is 9.90 Å². The van der Waals surface area contributed by atoms with Crippen molar-refractivity contribution >= 4 is 28.9 Å².